The number of hydrogen-bond acceptors (Lipinski definition) is 10. The first-order valence-corrected chi connectivity index (χ1v) is 19.5. The third kappa shape index (κ3) is 3.03. The Morgan fingerprint density at radius 2 is 1.88 bits per heavy atom. The molecular formula is C42H46N4O6. The molecular weight excluding hydrogens is 656 g/mol. The summed E-state index contributed by atoms with van der Waals surface area (Å²) in [6.45, 7) is 4.95. The zero-order valence-electron chi connectivity index (χ0n) is 30.0. The molecule has 2 aromatic carbocycles. The van der Waals surface area contributed by atoms with Crippen LogP contribution in [0.25, 0.3) is 0 Å². The van der Waals surface area contributed by atoms with Crippen LogP contribution in [0.3, 0.4) is 0 Å². The fourth-order valence-corrected chi connectivity index (χ4v) is 15.1. The highest BCUT2D eigenvalue weighted by atomic mass is 16.6. The normalized spacial score (nSPS) is 44.8. The fraction of sp³-hybridized carbons (Fsp3) is 0.571. The monoisotopic (exact) mass is 702 g/mol. The predicted molar refractivity (Wildman–Crippen MR) is 192 cm³/mol. The molecule has 0 unspecified atom stereocenters. The quantitative estimate of drug-likeness (QED) is 0.231. The smallest absolute Gasteiger partial charge is 0.335 e. The van der Waals surface area contributed by atoms with Gasteiger partial charge in [-0.3, -0.25) is 14.6 Å². The lowest BCUT2D eigenvalue weighted by Gasteiger charge is -2.68. The molecule has 52 heavy (non-hydrogen) atoms. The standard InChI is InChI=1S/C42H46N4O6/c1-4-38-10-7-15-45-16-13-40(36(38)45)25-18-22(29(47)19-28(25)43-32(40)23(20-38)34(48)50-2)30-31-33(52-31)39-11-12-42(26(21-39)35(49)51-3)41(14-17-46(30)37(39)41)24-8-5-6-9-27(24)44-42/h5-10,18-19,26,30-31,33,36-37,43-44,47H,4,11-17,20-21H2,1-3H3/t26-,30+,31-,33-,36-,37-,38-,39+,40-,41+,42+/m0/s1. The van der Waals surface area contributed by atoms with E-state index in [0.29, 0.717) is 6.42 Å². The van der Waals surface area contributed by atoms with Gasteiger partial charge in [-0.2, -0.15) is 0 Å². The van der Waals surface area contributed by atoms with E-state index in [-0.39, 0.29) is 70.2 Å². The Bertz CT molecular complexity index is 2100. The second kappa shape index (κ2) is 9.43. The number of carbonyl (C=O) groups is 2. The topological polar surface area (TPSA) is 116 Å². The third-order valence-electron chi connectivity index (χ3n) is 16.6. The summed E-state index contributed by atoms with van der Waals surface area (Å²) in [5.41, 5.74) is 5.65. The lowest BCUT2D eigenvalue weighted by atomic mass is 9.38. The fourth-order valence-electron chi connectivity index (χ4n) is 15.1. The Balaban J connectivity index is 1.04. The Morgan fingerprint density at radius 1 is 1.02 bits per heavy atom. The largest absolute Gasteiger partial charge is 0.508 e. The lowest BCUT2D eigenvalue weighted by molar-refractivity contribution is -0.173. The van der Waals surface area contributed by atoms with Crippen molar-refractivity contribution in [2.24, 2.45) is 16.7 Å². The second-order valence-electron chi connectivity index (χ2n) is 17.7. The van der Waals surface area contributed by atoms with Gasteiger partial charge in [0.15, 0.2) is 0 Å². The number of methoxy groups -OCH3 is 2. The van der Waals surface area contributed by atoms with E-state index in [1.54, 1.807) is 0 Å². The van der Waals surface area contributed by atoms with E-state index in [0.717, 1.165) is 86.4 Å². The summed E-state index contributed by atoms with van der Waals surface area (Å²) >= 11 is 0. The Morgan fingerprint density at radius 3 is 2.71 bits per heavy atom. The van der Waals surface area contributed by atoms with Crippen LogP contribution >= 0.6 is 0 Å². The maximum atomic E-state index is 13.8. The van der Waals surface area contributed by atoms with Gasteiger partial charge in [-0.05, 0) is 68.2 Å². The van der Waals surface area contributed by atoms with Gasteiger partial charge in [0.05, 0.1) is 48.8 Å². The molecule has 2 aromatic rings. The number of fused-ring (bicyclic) bond motifs is 5. The van der Waals surface area contributed by atoms with E-state index in [4.69, 9.17) is 14.2 Å². The van der Waals surface area contributed by atoms with Crippen LogP contribution in [0.5, 0.6) is 5.75 Å². The Kier molecular flexibility index (Phi) is 5.55. The van der Waals surface area contributed by atoms with E-state index < -0.39 is 11.0 Å². The molecule has 4 aliphatic carbocycles. The molecule has 4 spiro atoms. The summed E-state index contributed by atoms with van der Waals surface area (Å²) < 4.78 is 17.9. The molecule has 2 bridgehead atoms. The SMILES string of the molecule is CC[C@]12C=CCN3CC[C@]4(C(=C(C(=O)OC)C1)Nc1cc(O)c([C@@H]5[C@@H]6O[C@@H]6[C@]67CC[C@@]8(Nc9ccccc9[C@@]89CCN5[C@@H]69)[C@H](C(=O)OC)C7)cc14)[C@@H]32. The number of benzene rings is 2. The maximum absolute atomic E-state index is 13.8. The number of ether oxygens (including phenoxy) is 3. The Labute approximate surface area is 303 Å². The van der Waals surface area contributed by atoms with Crippen molar-refractivity contribution in [3.8, 4) is 5.75 Å². The van der Waals surface area contributed by atoms with Crippen LogP contribution in [0.2, 0.25) is 0 Å². The van der Waals surface area contributed by atoms with E-state index in [9.17, 15) is 14.7 Å². The zero-order valence-corrected chi connectivity index (χ0v) is 30.0. The van der Waals surface area contributed by atoms with Gasteiger partial charge in [0, 0.05) is 76.7 Å². The van der Waals surface area contributed by atoms with Crippen molar-refractivity contribution in [3.05, 3.63) is 76.5 Å². The van der Waals surface area contributed by atoms with Gasteiger partial charge in [0.25, 0.3) is 0 Å². The Hall–Kier alpha value is -3.86. The molecule has 0 amide bonds. The van der Waals surface area contributed by atoms with Crippen molar-refractivity contribution in [1.82, 2.24) is 9.80 Å². The number of hydrogen-bond donors (Lipinski definition) is 3. The number of nitrogens with one attached hydrogen (secondary N) is 2. The van der Waals surface area contributed by atoms with Crippen LogP contribution in [0.1, 0.15) is 74.6 Å². The molecule has 270 valence electrons. The number of rotatable bonds is 4. The summed E-state index contributed by atoms with van der Waals surface area (Å²) in [5, 5.41) is 19.9. The first-order chi connectivity index (χ1) is 25.2. The van der Waals surface area contributed by atoms with Crippen LogP contribution < -0.4 is 10.6 Å². The molecule has 7 fully saturated rings. The average molecular weight is 703 g/mol. The molecule has 3 N–H and O–H groups in total. The van der Waals surface area contributed by atoms with Gasteiger partial charge in [0.1, 0.15) is 11.9 Å². The summed E-state index contributed by atoms with van der Waals surface area (Å²) in [5.74, 6) is -0.379. The van der Waals surface area contributed by atoms with E-state index in [2.05, 4.69) is 69.8 Å². The molecule has 10 nitrogen and oxygen atoms in total. The number of phenolic OH excluding ortho intramolecular Hbond substituents is 1. The minimum atomic E-state index is -0.433. The molecule has 7 heterocycles. The van der Waals surface area contributed by atoms with Gasteiger partial charge in [0.2, 0.25) is 0 Å². The predicted octanol–water partition coefficient (Wildman–Crippen LogP) is 4.90. The molecule has 10 heteroatoms. The molecule has 11 aliphatic rings. The van der Waals surface area contributed by atoms with Crippen molar-refractivity contribution in [2.75, 3.05) is 44.5 Å². The van der Waals surface area contributed by atoms with Crippen molar-refractivity contribution in [3.63, 3.8) is 0 Å². The first kappa shape index (κ1) is 30.6. The maximum Gasteiger partial charge on any atom is 0.335 e. The van der Waals surface area contributed by atoms with Gasteiger partial charge in [-0.25, -0.2) is 4.79 Å². The number of para-hydroxylation sites is 1. The van der Waals surface area contributed by atoms with E-state index in [1.165, 1.54) is 25.3 Å². The minimum absolute atomic E-state index is 0.00476. The number of anilines is 2. The number of nitrogens with zero attached hydrogens (tertiary/aromatic N) is 2. The second-order valence-corrected chi connectivity index (χ2v) is 17.7. The first-order valence-electron chi connectivity index (χ1n) is 19.5. The summed E-state index contributed by atoms with van der Waals surface area (Å²) in [4.78, 5) is 32.6. The summed E-state index contributed by atoms with van der Waals surface area (Å²) in [6.07, 6.45) is 10.6. The average Bonchev–Trinajstić information content (AvgIpc) is 3.43. The molecule has 4 saturated heterocycles. The van der Waals surface area contributed by atoms with Gasteiger partial charge < -0.3 is 30.0 Å². The molecule has 13 rings (SSSR count). The number of piperidine rings is 1. The van der Waals surface area contributed by atoms with Crippen LogP contribution in [0, 0.1) is 16.7 Å². The van der Waals surface area contributed by atoms with Gasteiger partial charge in [-0.1, -0.05) is 37.3 Å². The van der Waals surface area contributed by atoms with Crippen molar-refractivity contribution in [2.45, 2.75) is 98.6 Å². The highest BCUT2D eigenvalue weighted by Gasteiger charge is 2.85. The highest BCUT2D eigenvalue weighted by Crippen LogP contribution is 2.78. The van der Waals surface area contributed by atoms with E-state index >= 15 is 0 Å². The van der Waals surface area contributed by atoms with Gasteiger partial charge in [-0.15, -0.1) is 0 Å². The highest BCUT2D eigenvalue weighted by molar-refractivity contribution is 5.93. The minimum Gasteiger partial charge on any atom is -0.508 e. The molecule has 3 saturated carbocycles. The number of aromatic hydroxyl groups is 1. The van der Waals surface area contributed by atoms with Crippen LogP contribution in [0.15, 0.2) is 59.8 Å². The molecule has 0 aromatic heterocycles. The number of epoxide rings is 1. The number of phenols is 1. The number of carbonyl (C=O) groups excluding carboxylic acids is 2. The van der Waals surface area contributed by atoms with Crippen LogP contribution in [-0.2, 0) is 34.6 Å². The summed E-state index contributed by atoms with van der Waals surface area (Å²) in [7, 11) is 3.01. The van der Waals surface area contributed by atoms with Crippen LogP contribution in [0.4, 0.5) is 11.4 Å². The third-order valence-corrected chi connectivity index (χ3v) is 16.6. The van der Waals surface area contributed by atoms with Crippen molar-refractivity contribution >= 4 is 23.3 Å². The van der Waals surface area contributed by atoms with Crippen LogP contribution in [-0.4, -0.2) is 90.5 Å². The van der Waals surface area contributed by atoms with Crippen molar-refractivity contribution < 1.29 is 28.9 Å². The number of esters is 2. The van der Waals surface area contributed by atoms with Gasteiger partial charge >= 0.3 is 11.9 Å². The molecule has 11 atom stereocenters. The van der Waals surface area contributed by atoms with Crippen molar-refractivity contribution in [1.29, 1.82) is 0 Å². The summed E-state index contributed by atoms with van der Waals surface area (Å²) in [6, 6.07) is 13.2. The lowest BCUT2D eigenvalue weighted by Crippen LogP contribution is -2.78. The van der Waals surface area contributed by atoms with E-state index in [1.807, 2.05) is 6.07 Å². The molecule has 0 radical (unpaired) electrons. The zero-order chi connectivity index (χ0) is 35.2. The molecule has 7 aliphatic heterocycles.